The van der Waals surface area contributed by atoms with Crippen LogP contribution in [0, 0.1) is 5.92 Å². The van der Waals surface area contributed by atoms with E-state index in [2.05, 4.69) is 20.8 Å². The van der Waals surface area contributed by atoms with E-state index >= 15 is 0 Å². The third-order valence-corrected chi connectivity index (χ3v) is 3.46. The summed E-state index contributed by atoms with van der Waals surface area (Å²) in [4.78, 5) is 25.7. The Kier molecular flexibility index (Phi) is 5.53. The molecular weight excluding hydrogens is 266 g/mol. The topological polar surface area (TPSA) is 46.6 Å². The van der Waals surface area contributed by atoms with E-state index in [9.17, 15) is 9.59 Å². The van der Waals surface area contributed by atoms with Crippen LogP contribution < -0.4 is 0 Å². The van der Waals surface area contributed by atoms with E-state index in [0.29, 0.717) is 12.1 Å². The van der Waals surface area contributed by atoms with E-state index < -0.39 is 0 Å². The van der Waals surface area contributed by atoms with Gasteiger partial charge in [0.2, 0.25) is 0 Å². The van der Waals surface area contributed by atoms with Crippen molar-refractivity contribution in [3.63, 3.8) is 0 Å². The largest absolute Gasteiger partial charge is 0.469 e. The second-order valence-corrected chi connectivity index (χ2v) is 6.41. The molecule has 0 aliphatic heterocycles. The van der Waals surface area contributed by atoms with Gasteiger partial charge in [0.25, 0.3) is 5.91 Å². The Hall–Kier alpha value is -1.84. The molecule has 0 bridgehead atoms. The predicted octanol–water partition coefficient (Wildman–Crippen LogP) is 2.87. The molecule has 4 nitrogen and oxygen atoms in total. The van der Waals surface area contributed by atoms with Crippen molar-refractivity contribution in [2.45, 2.75) is 33.1 Å². The number of amides is 1. The van der Waals surface area contributed by atoms with Crippen LogP contribution in [0.3, 0.4) is 0 Å². The molecule has 0 radical (unpaired) electrons. The molecular formula is C17H25NO3. The van der Waals surface area contributed by atoms with Crippen molar-refractivity contribution in [1.82, 2.24) is 4.90 Å². The fourth-order valence-corrected chi connectivity index (χ4v) is 2.30. The number of hydrogen-bond acceptors (Lipinski definition) is 3. The van der Waals surface area contributed by atoms with Crippen molar-refractivity contribution in [3.8, 4) is 0 Å². The van der Waals surface area contributed by atoms with Crippen LogP contribution in [-0.2, 0) is 14.9 Å². The summed E-state index contributed by atoms with van der Waals surface area (Å²) in [6, 6.07) is 7.61. The van der Waals surface area contributed by atoms with Crippen LogP contribution in [0.5, 0.6) is 0 Å². The first-order chi connectivity index (χ1) is 9.68. The fourth-order valence-electron chi connectivity index (χ4n) is 2.30. The molecule has 0 aliphatic rings. The van der Waals surface area contributed by atoms with Crippen LogP contribution in [-0.4, -0.2) is 37.5 Å². The summed E-state index contributed by atoms with van der Waals surface area (Å²) in [6.45, 7) is 8.33. The van der Waals surface area contributed by atoms with Crippen LogP contribution in [0.1, 0.15) is 43.6 Å². The van der Waals surface area contributed by atoms with Gasteiger partial charge in [-0.25, -0.2) is 0 Å². The molecule has 0 N–H and O–H groups in total. The maximum Gasteiger partial charge on any atom is 0.310 e. The van der Waals surface area contributed by atoms with Gasteiger partial charge < -0.3 is 9.64 Å². The van der Waals surface area contributed by atoms with Crippen molar-refractivity contribution in [2.24, 2.45) is 5.92 Å². The molecule has 0 saturated heterocycles. The van der Waals surface area contributed by atoms with Gasteiger partial charge in [0.05, 0.1) is 13.0 Å². The fraction of sp³-hybridized carbons (Fsp3) is 0.529. The molecule has 0 saturated carbocycles. The third kappa shape index (κ3) is 4.31. The van der Waals surface area contributed by atoms with Crippen molar-refractivity contribution < 1.29 is 14.3 Å². The molecule has 116 valence electrons. The first kappa shape index (κ1) is 17.2. The molecule has 1 atom stereocenters. The molecule has 1 rings (SSSR count). The van der Waals surface area contributed by atoms with Crippen molar-refractivity contribution >= 4 is 11.9 Å². The Morgan fingerprint density at radius 1 is 1.24 bits per heavy atom. The van der Waals surface area contributed by atoms with Crippen molar-refractivity contribution in [3.05, 3.63) is 35.4 Å². The van der Waals surface area contributed by atoms with Gasteiger partial charge in [0.1, 0.15) is 0 Å². The summed E-state index contributed by atoms with van der Waals surface area (Å²) in [5.41, 5.74) is 1.58. The third-order valence-electron chi connectivity index (χ3n) is 3.46. The van der Waals surface area contributed by atoms with Crippen molar-refractivity contribution in [1.29, 1.82) is 0 Å². The Balaban J connectivity index is 2.96. The lowest BCUT2D eigenvalue weighted by atomic mass is 9.83. The number of methoxy groups -OCH3 is 1. The minimum absolute atomic E-state index is 0.0729. The van der Waals surface area contributed by atoms with Crippen LogP contribution in [0.2, 0.25) is 0 Å². The number of ether oxygens (including phenoxy) is 1. The highest BCUT2D eigenvalue weighted by Gasteiger charge is 2.25. The first-order valence-corrected chi connectivity index (χ1v) is 7.11. The predicted molar refractivity (Wildman–Crippen MR) is 83.3 cm³/mol. The van der Waals surface area contributed by atoms with E-state index in [1.165, 1.54) is 7.11 Å². The summed E-state index contributed by atoms with van der Waals surface area (Å²) < 4.78 is 4.70. The second kappa shape index (κ2) is 6.74. The number of carbonyl (C=O) groups excluding carboxylic acids is 2. The van der Waals surface area contributed by atoms with Crippen LogP contribution in [0.25, 0.3) is 0 Å². The molecule has 1 aromatic rings. The Bertz CT molecular complexity index is 517. The normalized spacial score (nSPS) is 12.7. The highest BCUT2D eigenvalue weighted by Crippen LogP contribution is 2.26. The maximum atomic E-state index is 12.6. The number of benzene rings is 1. The molecule has 21 heavy (non-hydrogen) atoms. The number of carbonyl (C=O) groups is 2. The molecule has 4 heteroatoms. The lowest BCUT2D eigenvalue weighted by Gasteiger charge is -2.26. The van der Waals surface area contributed by atoms with E-state index in [0.717, 1.165) is 5.56 Å². The Labute approximate surface area is 127 Å². The number of rotatable bonds is 4. The Morgan fingerprint density at radius 3 is 2.33 bits per heavy atom. The summed E-state index contributed by atoms with van der Waals surface area (Å²) in [5.74, 6) is -0.721. The number of hydrogen-bond donors (Lipinski definition) is 0. The van der Waals surface area contributed by atoms with Crippen LogP contribution >= 0.6 is 0 Å². The van der Waals surface area contributed by atoms with E-state index in [4.69, 9.17) is 4.74 Å². The van der Waals surface area contributed by atoms with Gasteiger partial charge >= 0.3 is 5.97 Å². The maximum absolute atomic E-state index is 12.6. The number of nitrogens with zero attached hydrogens (tertiary/aromatic N) is 1. The smallest absolute Gasteiger partial charge is 0.310 e. The summed E-state index contributed by atoms with van der Waals surface area (Å²) in [5, 5.41) is 0. The molecule has 1 aromatic carbocycles. The van der Waals surface area contributed by atoms with E-state index in [1.807, 2.05) is 24.3 Å². The minimum atomic E-state index is -0.342. The summed E-state index contributed by atoms with van der Waals surface area (Å²) >= 11 is 0. The van der Waals surface area contributed by atoms with Crippen LogP contribution in [0.15, 0.2) is 24.3 Å². The quantitative estimate of drug-likeness (QED) is 0.801. The van der Waals surface area contributed by atoms with Gasteiger partial charge in [0.15, 0.2) is 0 Å². The van der Waals surface area contributed by atoms with E-state index in [-0.39, 0.29) is 23.2 Å². The summed E-state index contributed by atoms with van der Waals surface area (Å²) in [7, 11) is 3.07. The zero-order valence-corrected chi connectivity index (χ0v) is 13.8. The average molecular weight is 291 g/mol. The first-order valence-electron chi connectivity index (χ1n) is 7.11. The Morgan fingerprint density at radius 2 is 1.81 bits per heavy atom. The molecule has 0 fully saturated rings. The molecule has 0 aliphatic carbocycles. The van der Waals surface area contributed by atoms with Crippen molar-refractivity contribution in [2.75, 3.05) is 20.7 Å². The molecule has 0 heterocycles. The van der Waals surface area contributed by atoms with Gasteiger partial charge in [-0.3, -0.25) is 9.59 Å². The van der Waals surface area contributed by atoms with Gasteiger partial charge in [-0.2, -0.15) is 0 Å². The summed E-state index contributed by atoms with van der Waals surface area (Å²) in [6.07, 6.45) is 0. The highest BCUT2D eigenvalue weighted by atomic mass is 16.5. The second-order valence-electron chi connectivity index (χ2n) is 6.41. The standard InChI is InChI=1S/C17H25NO3/c1-12(16(20)21-6)11-18(5)15(19)13-9-7-8-10-14(13)17(2,3)4/h7-10,12H,11H2,1-6H3. The van der Waals surface area contributed by atoms with E-state index in [1.54, 1.807) is 18.9 Å². The zero-order valence-electron chi connectivity index (χ0n) is 13.8. The number of esters is 1. The van der Waals surface area contributed by atoms with Gasteiger partial charge in [-0.1, -0.05) is 45.9 Å². The monoisotopic (exact) mass is 291 g/mol. The highest BCUT2D eigenvalue weighted by molar-refractivity contribution is 5.96. The molecule has 1 amide bonds. The minimum Gasteiger partial charge on any atom is -0.469 e. The van der Waals surface area contributed by atoms with Gasteiger partial charge in [-0.15, -0.1) is 0 Å². The lowest BCUT2D eigenvalue weighted by Crippen LogP contribution is -2.35. The van der Waals surface area contributed by atoms with Gasteiger partial charge in [0, 0.05) is 19.2 Å². The average Bonchev–Trinajstić information content (AvgIpc) is 2.44. The zero-order chi connectivity index (χ0) is 16.2. The SMILES string of the molecule is COC(=O)C(C)CN(C)C(=O)c1ccccc1C(C)(C)C. The molecule has 0 aromatic heterocycles. The molecule has 1 unspecified atom stereocenters. The molecule has 0 spiro atoms. The lowest BCUT2D eigenvalue weighted by molar-refractivity contribution is -0.145. The van der Waals surface area contributed by atoms with Gasteiger partial charge in [-0.05, 0) is 17.0 Å². The van der Waals surface area contributed by atoms with Crippen LogP contribution in [0.4, 0.5) is 0 Å².